The molecule has 246 valence electrons. The van der Waals surface area contributed by atoms with E-state index in [1.807, 2.05) is 0 Å². The molecule has 0 aliphatic carbocycles. The Labute approximate surface area is 259 Å². The number of phenols is 2. The smallest absolute Gasteiger partial charge is 0.362 e. The molecule has 1 aromatic carbocycles. The number of nitrogens with one attached hydrogen (secondary N) is 1. The number of hydrazine groups is 1. The molecule has 0 bridgehead atoms. The van der Waals surface area contributed by atoms with Gasteiger partial charge in [0.1, 0.15) is 16.6 Å². The number of nitrogens with two attached hydrogens (primary N) is 1. The lowest BCUT2D eigenvalue weighted by atomic mass is 10.0. The number of aromatic hydroxyl groups is 2. The van der Waals surface area contributed by atoms with Gasteiger partial charge in [-0.3, -0.25) is 38.3 Å². The van der Waals surface area contributed by atoms with Crippen molar-refractivity contribution in [1.29, 1.82) is 0 Å². The van der Waals surface area contributed by atoms with Crippen molar-refractivity contribution in [2.75, 3.05) is 19.8 Å². The van der Waals surface area contributed by atoms with E-state index in [-0.39, 0.29) is 15.1 Å². The van der Waals surface area contributed by atoms with Crippen LogP contribution in [0.15, 0.2) is 27.6 Å². The normalized spacial score (nSPS) is 17.4. The fraction of sp³-hybridized carbons (Fsp3) is 0.364. The van der Waals surface area contributed by atoms with Crippen molar-refractivity contribution in [2.24, 2.45) is 5.16 Å². The number of nitrogens with zero attached hydrogens (tertiary/aromatic N) is 5. The number of thiazole rings is 1. The summed E-state index contributed by atoms with van der Waals surface area (Å²) >= 11 is 0.904. The van der Waals surface area contributed by atoms with Crippen LogP contribution in [0.1, 0.15) is 36.8 Å². The van der Waals surface area contributed by atoms with E-state index in [1.165, 1.54) is 26.2 Å². The second-order valence-electron chi connectivity index (χ2n) is 9.89. The minimum atomic E-state index is -5.06. The predicted molar refractivity (Wildman–Crippen MR) is 152 cm³/mol. The highest BCUT2D eigenvalue weighted by molar-refractivity contribution is 7.86. The molecule has 3 rings (SSSR count). The molecule has 45 heavy (non-hydrogen) atoms. The summed E-state index contributed by atoms with van der Waals surface area (Å²) in [6.45, 7) is 3.64. The molecule has 2 atom stereocenters. The Morgan fingerprint density at radius 2 is 1.73 bits per heavy atom. The summed E-state index contributed by atoms with van der Waals surface area (Å²) in [5, 5.41) is 28.3. The molecule has 0 radical (unpaired) electrons. The Hall–Kier alpha value is -4.58. The maximum atomic E-state index is 13.3. The summed E-state index contributed by atoms with van der Waals surface area (Å²) in [6, 6.07) is -1.29. The van der Waals surface area contributed by atoms with Gasteiger partial charge in [-0.05, 0) is 32.9 Å². The first-order chi connectivity index (χ1) is 20.5. The van der Waals surface area contributed by atoms with Crippen molar-refractivity contribution in [2.45, 2.75) is 43.4 Å². The van der Waals surface area contributed by atoms with Crippen LogP contribution in [0.2, 0.25) is 0 Å². The highest BCUT2D eigenvalue weighted by Crippen LogP contribution is 2.34. The first-order valence-electron chi connectivity index (χ1n) is 12.2. The predicted octanol–water partition coefficient (Wildman–Crippen LogP) is -1.45. The SMILES string of the molecule is C[C@@H]1[C@@H](NC(=O)C(=NOC(C)(C)C(=O)N(C)N(C)C(=O)c2cc(O)c(O)c(S(=O)(=O)O)c2)c2csc(N)n2)C(=O)N1S(=O)(=O)O. The van der Waals surface area contributed by atoms with Gasteiger partial charge in [0.2, 0.25) is 5.60 Å². The van der Waals surface area contributed by atoms with E-state index in [0.717, 1.165) is 25.4 Å². The van der Waals surface area contributed by atoms with Gasteiger partial charge in [0.05, 0.1) is 6.04 Å². The topological polar surface area (TPSA) is 300 Å². The molecule has 0 spiro atoms. The van der Waals surface area contributed by atoms with Crippen molar-refractivity contribution in [3.05, 3.63) is 28.8 Å². The molecule has 1 aliphatic rings. The Morgan fingerprint density at radius 3 is 2.22 bits per heavy atom. The van der Waals surface area contributed by atoms with Crippen LogP contribution in [0, 0.1) is 0 Å². The Bertz CT molecular complexity index is 1820. The Balaban J connectivity index is 1.84. The number of carbonyl (C=O) groups is 4. The molecule has 0 unspecified atom stereocenters. The van der Waals surface area contributed by atoms with E-state index >= 15 is 0 Å². The zero-order chi connectivity index (χ0) is 34.4. The lowest BCUT2D eigenvalue weighted by Gasteiger charge is -2.42. The third kappa shape index (κ3) is 7.06. The molecule has 23 heteroatoms. The minimum absolute atomic E-state index is 0.00349. The average molecular weight is 694 g/mol. The standard InChI is InChI=1S/C22H27N7O13S3/c1-9-14(19(34)29(9)45(39,40)41)25-17(32)15(11-8-43-21(23)24-11)26-42-22(2,3)20(35)28(5)27(4)18(33)10-6-12(30)16(31)13(7-10)44(36,37)38/h6-9,14,30-31H,1-5H3,(H2,23,24)(H,25,32)(H,36,37,38)(H,39,40,41)/t9-,14-/m1/s1. The third-order valence-corrected chi connectivity index (χ3v) is 8.90. The van der Waals surface area contributed by atoms with Crippen molar-refractivity contribution < 1.29 is 60.2 Å². The van der Waals surface area contributed by atoms with Crippen molar-refractivity contribution in [3.63, 3.8) is 0 Å². The van der Waals surface area contributed by atoms with Crippen molar-refractivity contribution >= 4 is 66.2 Å². The monoisotopic (exact) mass is 693 g/mol. The van der Waals surface area contributed by atoms with Crippen LogP contribution in [0.4, 0.5) is 5.13 Å². The van der Waals surface area contributed by atoms with Crippen LogP contribution < -0.4 is 11.1 Å². The van der Waals surface area contributed by atoms with E-state index in [1.54, 1.807) is 0 Å². The maximum Gasteiger partial charge on any atom is 0.362 e. The first kappa shape index (κ1) is 34.9. The van der Waals surface area contributed by atoms with Crippen molar-refractivity contribution in [3.8, 4) is 11.5 Å². The summed E-state index contributed by atoms with van der Waals surface area (Å²) in [6.07, 6.45) is 0. The van der Waals surface area contributed by atoms with Crippen LogP contribution in [0.3, 0.4) is 0 Å². The van der Waals surface area contributed by atoms with Crippen LogP contribution in [-0.2, 0) is 39.6 Å². The molecule has 0 saturated carbocycles. The van der Waals surface area contributed by atoms with Gasteiger partial charge in [0, 0.05) is 25.0 Å². The summed E-state index contributed by atoms with van der Waals surface area (Å²) in [4.78, 5) is 59.8. The number of carbonyl (C=O) groups excluding carboxylic acids is 4. The van der Waals surface area contributed by atoms with E-state index in [2.05, 4.69) is 15.5 Å². The number of β-lactam (4-membered cyclic amide) rings is 1. The summed E-state index contributed by atoms with van der Waals surface area (Å²) in [5.74, 6) is -6.53. The number of benzene rings is 1. The molecule has 2 aromatic rings. The van der Waals surface area contributed by atoms with Gasteiger partial charge in [-0.1, -0.05) is 5.16 Å². The highest BCUT2D eigenvalue weighted by atomic mass is 32.2. The van der Waals surface area contributed by atoms with Crippen LogP contribution in [0.5, 0.6) is 11.5 Å². The van der Waals surface area contributed by atoms with Gasteiger partial charge < -0.3 is 26.1 Å². The molecule has 1 aliphatic heterocycles. The molecule has 7 N–H and O–H groups in total. The zero-order valence-electron chi connectivity index (χ0n) is 23.9. The third-order valence-electron chi connectivity index (χ3n) is 6.35. The second kappa shape index (κ2) is 12.1. The van der Waals surface area contributed by atoms with Gasteiger partial charge in [-0.15, -0.1) is 11.3 Å². The fourth-order valence-corrected chi connectivity index (χ4v) is 5.93. The van der Waals surface area contributed by atoms with Gasteiger partial charge in [0.25, 0.3) is 33.7 Å². The van der Waals surface area contributed by atoms with Gasteiger partial charge in [0.15, 0.2) is 22.3 Å². The molecule has 2 heterocycles. The second-order valence-corrected chi connectivity index (χ2v) is 13.5. The van der Waals surface area contributed by atoms with Crippen LogP contribution in [0.25, 0.3) is 0 Å². The van der Waals surface area contributed by atoms with E-state index in [0.29, 0.717) is 22.2 Å². The van der Waals surface area contributed by atoms with Gasteiger partial charge in [-0.25, -0.2) is 9.29 Å². The average Bonchev–Trinajstić information content (AvgIpc) is 3.35. The lowest BCUT2D eigenvalue weighted by molar-refractivity contribution is -0.163. The Kier molecular flexibility index (Phi) is 9.37. The molecular formula is C22H27N7O13S3. The number of oxime groups is 1. The number of hydrogen-bond donors (Lipinski definition) is 6. The molecular weight excluding hydrogens is 666 g/mol. The summed E-state index contributed by atoms with van der Waals surface area (Å²) in [5.41, 5.74) is 2.41. The number of hydrogen-bond acceptors (Lipinski definition) is 15. The van der Waals surface area contributed by atoms with Crippen molar-refractivity contribution in [1.82, 2.24) is 24.6 Å². The highest BCUT2D eigenvalue weighted by Gasteiger charge is 2.51. The number of rotatable bonds is 9. The number of phenolic OH excluding ortho intramolecular Hbond substituents is 2. The largest absolute Gasteiger partial charge is 0.504 e. The summed E-state index contributed by atoms with van der Waals surface area (Å²) < 4.78 is 64.5. The van der Waals surface area contributed by atoms with E-state index in [4.69, 9.17) is 10.6 Å². The van der Waals surface area contributed by atoms with Gasteiger partial charge in [-0.2, -0.15) is 16.8 Å². The van der Waals surface area contributed by atoms with Gasteiger partial charge >= 0.3 is 10.3 Å². The molecule has 20 nitrogen and oxygen atoms in total. The molecule has 1 aromatic heterocycles. The number of amides is 4. The van der Waals surface area contributed by atoms with E-state index < -0.39 is 89.4 Å². The zero-order valence-corrected chi connectivity index (χ0v) is 26.3. The number of anilines is 1. The maximum absolute atomic E-state index is 13.3. The Morgan fingerprint density at radius 1 is 1.13 bits per heavy atom. The quantitative estimate of drug-likeness (QED) is 0.0575. The summed E-state index contributed by atoms with van der Waals surface area (Å²) in [7, 11) is -7.74. The number of likely N-dealkylation sites (N-methyl/N-ethyl adjacent to an activating group) is 1. The first-order valence-corrected chi connectivity index (χ1v) is 15.9. The lowest BCUT2D eigenvalue weighted by Crippen LogP contribution is -2.71. The minimum Gasteiger partial charge on any atom is -0.504 e. The van der Waals surface area contributed by atoms with E-state index in [9.17, 15) is 55.3 Å². The number of aromatic nitrogens is 1. The fourth-order valence-electron chi connectivity index (χ4n) is 3.88. The number of nitrogen functional groups attached to an aromatic ring is 1. The molecule has 4 amide bonds. The van der Waals surface area contributed by atoms with Crippen LogP contribution >= 0.6 is 11.3 Å². The van der Waals surface area contributed by atoms with Crippen LogP contribution in [-0.4, -0.2) is 117 Å². The molecule has 1 saturated heterocycles. The molecule has 1 fully saturated rings.